The topological polar surface area (TPSA) is 91.1 Å². The molecule has 0 heterocycles. The zero-order valence-corrected chi connectivity index (χ0v) is 18.4. The van der Waals surface area contributed by atoms with Gasteiger partial charge < -0.3 is 14.9 Å². The van der Waals surface area contributed by atoms with E-state index in [1.807, 2.05) is 18.2 Å². The van der Waals surface area contributed by atoms with Crippen LogP contribution in [0.3, 0.4) is 0 Å². The summed E-state index contributed by atoms with van der Waals surface area (Å²) in [6, 6.07) is 7.33. The molecule has 0 spiro atoms. The van der Waals surface area contributed by atoms with Crippen LogP contribution in [0.5, 0.6) is 17.2 Å². The number of hydrogen-bond acceptors (Lipinski definition) is 5. The molecule has 2 aromatic carbocycles. The lowest BCUT2D eigenvalue weighted by molar-refractivity contribution is -0.121. The van der Waals surface area contributed by atoms with Gasteiger partial charge in [-0.3, -0.25) is 4.79 Å². The van der Waals surface area contributed by atoms with Crippen molar-refractivity contribution in [1.82, 2.24) is 5.43 Å². The van der Waals surface area contributed by atoms with Crippen molar-refractivity contribution in [2.24, 2.45) is 5.10 Å². The van der Waals surface area contributed by atoms with E-state index in [9.17, 15) is 15.0 Å². The van der Waals surface area contributed by atoms with E-state index in [4.69, 9.17) is 4.74 Å². The minimum absolute atomic E-state index is 0.106. The van der Waals surface area contributed by atoms with Gasteiger partial charge in [-0.25, -0.2) is 5.43 Å². The number of rotatable bonds is 6. The zero-order valence-electron chi connectivity index (χ0n) is 13.6. The van der Waals surface area contributed by atoms with Gasteiger partial charge in [0, 0.05) is 10.0 Å². The fourth-order valence-corrected chi connectivity index (χ4v) is 3.47. The van der Waals surface area contributed by atoms with E-state index in [0.29, 0.717) is 21.3 Å². The Kier molecular flexibility index (Phi) is 7.48. The van der Waals surface area contributed by atoms with E-state index in [1.165, 1.54) is 6.21 Å². The Hall–Kier alpha value is -1.58. The minimum Gasteiger partial charge on any atom is -0.506 e. The number of aromatic hydroxyl groups is 2. The highest BCUT2D eigenvalue weighted by molar-refractivity contribution is 9.11. The summed E-state index contributed by atoms with van der Waals surface area (Å²) in [6.07, 6.45) is 1.43. The average molecular weight is 551 g/mol. The van der Waals surface area contributed by atoms with Gasteiger partial charge in [-0.1, -0.05) is 22.0 Å². The molecule has 0 bridgehead atoms. The molecule has 3 N–H and O–H groups in total. The number of carbonyl (C=O) groups excluding carboxylic acids is 1. The van der Waals surface area contributed by atoms with Crippen molar-refractivity contribution in [3.8, 4) is 17.2 Å². The molecule has 138 valence electrons. The Balaban J connectivity index is 1.91. The zero-order chi connectivity index (χ0) is 19.3. The van der Waals surface area contributed by atoms with Crippen LogP contribution in [0.25, 0.3) is 0 Å². The number of ether oxygens (including phenoxy) is 1. The van der Waals surface area contributed by atoms with Crippen LogP contribution in [0.15, 0.2) is 42.8 Å². The fraction of sp³-hybridized carbons (Fsp3) is 0.176. The van der Waals surface area contributed by atoms with Gasteiger partial charge in [0.2, 0.25) is 5.91 Å². The van der Waals surface area contributed by atoms with Crippen molar-refractivity contribution in [2.45, 2.75) is 13.3 Å². The number of nitrogens with one attached hydrogen (secondary N) is 1. The number of hydrogen-bond donors (Lipinski definition) is 3. The molecule has 2 aromatic rings. The lowest BCUT2D eigenvalue weighted by Crippen LogP contribution is -2.20. The van der Waals surface area contributed by atoms with Crippen LogP contribution in [0.4, 0.5) is 0 Å². The SMILES string of the molecule is Cc1c(Br)c(O)c(Br)c(O)c1/C=N/NC(=O)CCOc1cccc(Br)c1. The Morgan fingerprint density at radius 3 is 2.65 bits per heavy atom. The molecule has 6 nitrogen and oxygen atoms in total. The second-order valence-corrected chi connectivity index (χ2v) is 7.71. The van der Waals surface area contributed by atoms with Crippen LogP contribution in [0.1, 0.15) is 17.5 Å². The van der Waals surface area contributed by atoms with Gasteiger partial charge in [0.15, 0.2) is 0 Å². The molecule has 2 rings (SSSR count). The van der Waals surface area contributed by atoms with Crippen LogP contribution in [0.2, 0.25) is 0 Å². The van der Waals surface area contributed by atoms with Gasteiger partial charge >= 0.3 is 0 Å². The Morgan fingerprint density at radius 2 is 1.96 bits per heavy atom. The van der Waals surface area contributed by atoms with Crippen LogP contribution >= 0.6 is 47.8 Å². The molecule has 0 radical (unpaired) electrons. The van der Waals surface area contributed by atoms with E-state index in [0.717, 1.165) is 4.47 Å². The van der Waals surface area contributed by atoms with Crippen LogP contribution in [-0.4, -0.2) is 28.9 Å². The molecule has 26 heavy (non-hydrogen) atoms. The summed E-state index contributed by atoms with van der Waals surface area (Å²) in [4.78, 5) is 11.8. The molecule has 0 aliphatic rings. The number of amides is 1. The predicted octanol–water partition coefficient (Wildman–Crippen LogP) is 4.61. The molecule has 0 saturated carbocycles. The van der Waals surface area contributed by atoms with E-state index < -0.39 is 0 Å². The summed E-state index contributed by atoms with van der Waals surface area (Å²) < 4.78 is 6.95. The van der Waals surface area contributed by atoms with E-state index in [1.54, 1.807) is 13.0 Å². The lowest BCUT2D eigenvalue weighted by atomic mass is 10.1. The maximum atomic E-state index is 11.8. The Labute approximate surface area is 175 Å². The molecule has 0 saturated heterocycles. The minimum atomic E-state index is -0.328. The molecule has 0 aliphatic carbocycles. The van der Waals surface area contributed by atoms with E-state index in [-0.39, 0.29) is 34.9 Å². The maximum absolute atomic E-state index is 11.8. The van der Waals surface area contributed by atoms with Crippen LogP contribution in [0, 0.1) is 6.92 Å². The summed E-state index contributed by atoms with van der Waals surface area (Å²) in [5.41, 5.74) is 3.32. The van der Waals surface area contributed by atoms with Gasteiger partial charge in [0.05, 0.1) is 23.7 Å². The van der Waals surface area contributed by atoms with Gasteiger partial charge in [-0.2, -0.15) is 5.10 Å². The highest BCUT2D eigenvalue weighted by Crippen LogP contribution is 2.43. The summed E-state index contributed by atoms with van der Waals surface area (Å²) in [6.45, 7) is 1.91. The standard InChI is InChI=1S/C17H15Br3N2O4/c1-9-12(16(24)15(20)17(25)14(9)19)8-21-22-13(23)5-6-26-11-4-2-3-10(18)7-11/h2-4,7-8,24-25H,5-6H2,1H3,(H,22,23)/b21-8+. The average Bonchev–Trinajstić information content (AvgIpc) is 2.61. The number of halogens is 3. The van der Waals surface area contributed by atoms with Crippen molar-refractivity contribution in [1.29, 1.82) is 0 Å². The highest BCUT2D eigenvalue weighted by Gasteiger charge is 2.17. The van der Waals surface area contributed by atoms with Crippen LogP contribution in [-0.2, 0) is 4.79 Å². The van der Waals surface area contributed by atoms with Crippen molar-refractivity contribution in [2.75, 3.05) is 6.61 Å². The maximum Gasteiger partial charge on any atom is 0.243 e. The number of nitrogens with zero attached hydrogens (tertiary/aromatic N) is 1. The van der Waals surface area contributed by atoms with Crippen molar-refractivity contribution < 1.29 is 19.7 Å². The molecular weight excluding hydrogens is 536 g/mol. The first-order chi connectivity index (χ1) is 12.3. The number of benzene rings is 2. The number of hydrazone groups is 1. The first kappa shape index (κ1) is 20.7. The molecule has 0 atom stereocenters. The van der Waals surface area contributed by atoms with Crippen molar-refractivity contribution >= 4 is 59.9 Å². The second kappa shape index (κ2) is 9.38. The molecule has 1 amide bonds. The molecule has 0 unspecified atom stereocenters. The first-order valence-corrected chi connectivity index (χ1v) is 9.79. The second-order valence-electron chi connectivity index (χ2n) is 5.21. The fourth-order valence-electron chi connectivity index (χ4n) is 2.00. The highest BCUT2D eigenvalue weighted by atomic mass is 79.9. The molecule has 0 aromatic heterocycles. The molecular formula is C17H15Br3N2O4. The van der Waals surface area contributed by atoms with E-state index in [2.05, 4.69) is 58.3 Å². The van der Waals surface area contributed by atoms with E-state index >= 15 is 0 Å². The van der Waals surface area contributed by atoms with Crippen molar-refractivity contribution in [3.63, 3.8) is 0 Å². The number of phenols is 2. The summed E-state index contributed by atoms with van der Waals surface area (Å²) in [5, 5.41) is 23.8. The van der Waals surface area contributed by atoms with Gasteiger partial charge in [0.25, 0.3) is 0 Å². The largest absolute Gasteiger partial charge is 0.506 e. The third-order valence-corrected chi connectivity index (χ3v) is 5.60. The van der Waals surface area contributed by atoms with Gasteiger partial charge in [0.1, 0.15) is 21.7 Å². The summed E-state index contributed by atoms with van der Waals surface area (Å²) >= 11 is 9.68. The van der Waals surface area contributed by atoms with Gasteiger partial charge in [-0.05, 0) is 62.5 Å². The third kappa shape index (κ3) is 5.21. The monoisotopic (exact) mass is 548 g/mol. The van der Waals surface area contributed by atoms with Gasteiger partial charge in [-0.15, -0.1) is 0 Å². The summed E-state index contributed by atoms with van der Waals surface area (Å²) in [7, 11) is 0. The van der Waals surface area contributed by atoms with Crippen LogP contribution < -0.4 is 10.2 Å². The smallest absolute Gasteiger partial charge is 0.243 e. The Morgan fingerprint density at radius 1 is 1.23 bits per heavy atom. The number of carbonyl (C=O) groups is 1. The lowest BCUT2D eigenvalue weighted by Gasteiger charge is -2.11. The quantitative estimate of drug-likeness (QED) is 0.362. The normalized spacial score (nSPS) is 10.9. The van der Waals surface area contributed by atoms with Crippen molar-refractivity contribution in [3.05, 3.63) is 48.8 Å². The molecule has 9 heteroatoms. The summed E-state index contributed by atoms with van der Waals surface area (Å²) in [5.74, 6) is 0.0605. The first-order valence-electron chi connectivity index (χ1n) is 7.41. The molecule has 0 aliphatic heterocycles. The number of phenolic OH excluding ortho intramolecular Hbond substituents is 2. The Bertz CT molecular complexity index is 827. The molecule has 0 fully saturated rings. The third-order valence-electron chi connectivity index (χ3n) is 3.39. The predicted molar refractivity (Wildman–Crippen MR) is 110 cm³/mol.